The summed E-state index contributed by atoms with van der Waals surface area (Å²) >= 11 is 24.8. The number of ether oxygens (including phenoxy) is 1. The molecule has 0 atom stereocenters. The third-order valence-corrected chi connectivity index (χ3v) is 5.91. The maximum absolute atomic E-state index is 6.43. The first-order chi connectivity index (χ1) is 14.8. The molecule has 0 aromatic heterocycles. The van der Waals surface area contributed by atoms with Crippen LogP contribution in [0.4, 0.5) is 11.4 Å². The SMILES string of the molecule is Nc1c(-c2ccc(Cl)cc2)ccc(Cl)c1Oc1c(Cl)ccc(-c2ccc(Cl)cc2)c1N. The van der Waals surface area contributed by atoms with Crippen LogP contribution in [0.25, 0.3) is 22.3 Å². The number of benzene rings is 4. The van der Waals surface area contributed by atoms with Crippen molar-refractivity contribution in [3.63, 3.8) is 0 Å². The summed E-state index contributed by atoms with van der Waals surface area (Å²) in [5.41, 5.74) is 16.8. The Labute approximate surface area is 200 Å². The van der Waals surface area contributed by atoms with Gasteiger partial charge in [0.25, 0.3) is 0 Å². The fourth-order valence-electron chi connectivity index (χ4n) is 3.22. The molecule has 0 radical (unpaired) electrons. The predicted molar refractivity (Wildman–Crippen MR) is 133 cm³/mol. The second-order valence-electron chi connectivity index (χ2n) is 6.79. The minimum atomic E-state index is 0.274. The second-order valence-corrected chi connectivity index (χ2v) is 8.48. The van der Waals surface area contributed by atoms with Gasteiger partial charge in [-0.15, -0.1) is 0 Å². The van der Waals surface area contributed by atoms with Crippen molar-refractivity contribution in [3.05, 3.63) is 92.9 Å². The predicted octanol–water partition coefficient (Wildman–Crippen LogP) is 8.59. The summed E-state index contributed by atoms with van der Waals surface area (Å²) in [7, 11) is 0. The van der Waals surface area contributed by atoms with Gasteiger partial charge in [-0.1, -0.05) is 82.8 Å². The molecule has 4 rings (SSSR count). The standard InChI is InChI=1S/C24H16Cl4N2O/c25-15-5-1-13(2-6-15)17-9-11-19(27)23(21(17)29)31-24-20(28)12-10-18(22(24)30)14-3-7-16(26)8-4-14/h1-12H,29-30H2. The fraction of sp³-hybridized carbons (Fsp3) is 0. The second kappa shape index (κ2) is 8.89. The van der Waals surface area contributed by atoms with E-state index in [1.807, 2.05) is 36.4 Å². The molecular formula is C24H16Cl4N2O. The lowest BCUT2D eigenvalue weighted by atomic mass is 10.0. The van der Waals surface area contributed by atoms with Crippen LogP contribution in [0.5, 0.6) is 11.5 Å². The smallest absolute Gasteiger partial charge is 0.169 e. The van der Waals surface area contributed by atoms with Gasteiger partial charge in [0.1, 0.15) is 0 Å². The molecule has 0 amide bonds. The van der Waals surface area contributed by atoms with Gasteiger partial charge in [0, 0.05) is 21.2 Å². The normalized spacial score (nSPS) is 10.8. The Morgan fingerprint density at radius 1 is 0.484 bits per heavy atom. The van der Waals surface area contributed by atoms with Crippen molar-refractivity contribution in [1.82, 2.24) is 0 Å². The summed E-state index contributed by atoms with van der Waals surface area (Å²) in [6.45, 7) is 0. The van der Waals surface area contributed by atoms with Crippen LogP contribution < -0.4 is 16.2 Å². The zero-order valence-corrected chi connectivity index (χ0v) is 19.0. The molecule has 3 nitrogen and oxygen atoms in total. The van der Waals surface area contributed by atoms with Crippen molar-refractivity contribution in [2.45, 2.75) is 0 Å². The molecule has 156 valence electrons. The molecule has 0 aliphatic heterocycles. The van der Waals surface area contributed by atoms with Crippen molar-refractivity contribution in [1.29, 1.82) is 0 Å². The summed E-state index contributed by atoms with van der Waals surface area (Å²) in [5, 5.41) is 1.93. The van der Waals surface area contributed by atoms with Gasteiger partial charge < -0.3 is 16.2 Å². The summed E-state index contributed by atoms with van der Waals surface area (Å²) in [6, 6.07) is 21.7. The van der Waals surface area contributed by atoms with Crippen molar-refractivity contribution in [2.24, 2.45) is 0 Å². The third-order valence-electron chi connectivity index (χ3n) is 4.81. The van der Waals surface area contributed by atoms with E-state index in [0.29, 0.717) is 31.5 Å². The van der Waals surface area contributed by atoms with Crippen LogP contribution in [0.15, 0.2) is 72.8 Å². The molecule has 0 fully saturated rings. The van der Waals surface area contributed by atoms with Crippen LogP contribution in [0, 0.1) is 0 Å². The average Bonchev–Trinajstić information content (AvgIpc) is 2.75. The van der Waals surface area contributed by atoms with Gasteiger partial charge in [0.15, 0.2) is 11.5 Å². The lowest BCUT2D eigenvalue weighted by Crippen LogP contribution is -2.00. The van der Waals surface area contributed by atoms with Gasteiger partial charge in [0.2, 0.25) is 0 Å². The van der Waals surface area contributed by atoms with E-state index in [0.717, 1.165) is 22.3 Å². The molecule has 4 aromatic carbocycles. The van der Waals surface area contributed by atoms with Gasteiger partial charge in [-0.2, -0.15) is 0 Å². The monoisotopic (exact) mass is 488 g/mol. The lowest BCUT2D eigenvalue weighted by Gasteiger charge is -2.18. The molecule has 31 heavy (non-hydrogen) atoms. The third kappa shape index (κ3) is 4.41. The molecule has 0 aliphatic carbocycles. The van der Waals surface area contributed by atoms with Crippen molar-refractivity contribution >= 4 is 57.8 Å². The quantitative estimate of drug-likeness (QED) is 0.282. The highest BCUT2D eigenvalue weighted by molar-refractivity contribution is 6.34. The van der Waals surface area contributed by atoms with Crippen molar-refractivity contribution in [2.75, 3.05) is 11.5 Å². The van der Waals surface area contributed by atoms with Gasteiger partial charge in [-0.3, -0.25) is 0 Å². The number of nitrogen functional groups attached to an aromatic ring is 2. The van der Waals surface area contributed by atoms with Crippen LogP contribution in [-0.4, -0.2) is 0 Å². The van der Waals surface area contributed by atoms with E-state index in [9.17, 15) is 0 Å². The first-order valence-corrected chi connectivity index (χ1v) is 10.7. The highest BCUT2D eigenvalue weighted by atomic mass is 35.5. The molecule has 0 unspecified atom stereocenters. The molecule has 0 saturated heterocycles. The summed E-state index contributed by atoms with van der Waals surface area (Å²) < 4.78 is 6.11. The molecule has 4 N–H and O–H groups in total. The first-order valence-electron chi connectivity index (χ1n) is 9.21. The summed E-state index contributed by atoms with van der Waals surface area (Å²) in [6.07, 6.45) is 0. The highest BCUT2D eigenvalue weighted by Gasteiger charge is 2.19. The number of halogens is 4. The molecular weight excluding hydrogens is 474 g/mol. The van der Waals surface area contributed by atoms with Crippen LogP contribution in [0.2, 0.25) is 20.1 Å². The lowest BCUT2D eigenvalue weighted by molar-refractivity contribution is 0.488. The zero-order chi connectivity index (χ0) is 22.1. The van der Waals surface area contributed by atoms with E-state index in [1.54, 1.807) is 36.4 Å². The molecule has 0 bridgehead atoms. The number of hydrogen-bond acceptors (Lipinski definition) is 3. The Morgan fingerprint density at radius 3 is 1.19 bits per heavy atom. The number of rotatable bonds is 4. The number of hydrogen-bond donors (Lipinski definition) is 2. The van der Waals surface area contributed by atoms with E-state index in [4.69, 9.17) is 62.6 Å². The topological polar surface area (TPSA) is 61.3 Å². The van der Waals surface area contributed by atoms with Gasteiger partial charge >= 0.3 is 0 Å². The Kier molecular flexibility index (Phi) is 6.22. The molecule has 0 spiro atoms. The van der Waals surface area contributed by atoms with Gasteiger partial charge in [0.05, 0.1) is 21.4 Å². The van der Waals surface area contributed by atoms with Crippen molar-refractivity contribution in [3.8, 4) is 33.8 Å². The molecule has 4 aromatic rings. The minimum absolute atomic E-state index is 0.274. The van der Waals surface area contributed by atoms with E-state index in [-0.39, 0.29) is 11.5 Å². The van der Waals surface area contributed by atoms with E-state index in [2.05, 4.69) is 0 Å². The van der Waals surface area contributed by atoms with Gasteiger partial charge in [-0.25, -0.2) is 0 Å². The Hall–Kier alpha value is -2.56. The molecule has 0 saturated carbocycles. The Bertz CT molecular complexity index is 1160. The molecule has 0 aliphatic rings. The number of nitrogens with two attached hydrogens (primary N) is 2. The minimum Gasteiger partial charge on any atom is -0.450 e. The highest BCUT2D eigenvalue weighted by Crippen LogP contribution is 2.46. The summed E-state index contributed by atoms with van der Waals surface area (Å²) in [4.78, 5) is 0. The Balaban J connectivity index is 1.79. The van der Waals surface area contributed by atoms with E-state index < -0.39 is 0 Å². The van der Waals surface area contributed by atoms with Crippen LogP contribution in [0.1, 0.15) is 0 Å². The maximum atomic E-state index is 6.43. The van der Waals surface area contributed by atoms with Gasteiger partial charge in [-0.05, 0) is 47.5 Å². The van der Waals surface area contributed by atoms with Crippen LogP contribution in [-0.2, 0) is 0 Å². The summed E-state index contributed by atoms with van der Waals surface area (Å²) in [5.74, 6) is 0.548. The maximum Gasteiger partial charge on any atom is 0.169 e. The van der Waals surface area contributed by atoms with Crippen LogP contribution >= 0.6 is 46.4 Å². The Morgan fingerprint density at radius 2 is 0.839 bits per heavy atom. The molecule has 7 heteroatoms. The fourth-order valence-corrected chi connectivity index (χ4v) is 3.88. The van der Waals surface area contributed by atoms with E-state index in [1.165, 1.54) is 0 Å². The average molecular weight is 490 g/mol. The van der Waals surface area contributed by atoms with Crippen LogP contribution in [0.3, 0.4) is 0 Å². The zero-order valence-electron chi connectivity index (χ0n) is 16.0. The molecule has 0 heterocycles. The first kappa shape index (κ1) is 21.7. The number of anilines is 2. The van der Waals surface area contributed by atoms with E-state index >= 15 is 0 Å². The van der Waals surface area contributed by atoms with Crippen molar-refractivity contribution < 1.29 is 4.74 Å². The largest absolute Gasteiger partial charge is 0.450 e.